The summed E-state index contributed by atoms with van der Waals surface area (Å²) in [4.78, 5) is 4.48. The van der Waals surface area contributed by atoms with Crippen molar-refractivity contribution in [2.24, 2.45) is 7.05 Å². The third-order valence-corrected chi connectivity index (χ3v) is 4.05. The number of hydrogen-bond donors (Lipinski definition) is 1. The fourth-order valence-corrected chi connectivity index (χ4v) is 2.62. The molecule has 0 saturated heterocycles. The smallest absolute Gasteiger partial charge is 0.146 e. The molecule has 0 aliphatic heterocycles. The summed E-state index contributed by atoms with van der Waals surface area (Å²) in [5, 5.41) is 12.5. The van der Waals surface area contributed by atoms with Crippen LogP contribution in [0.3, 0.4) is 0 Å². The van der Waals surface area contributed by atoms with Crippen LogP contribution in [0, 0.1) is 6.92 Å². The van der Waals surface area contributed by atoms with Crippen LogP contribution in [0.25, 0.3) is 0 Å². The van der Waals surface area contributed by atoms with Gasteiger partial charge in [0.15, 0.2) is 0 Å². The molecule has 0 amide bonds. The molecule has 1 atom stereocenters. The monoisotopic (exact) mass is 327 g/mol. The summed E-state index contributed by atoms with van der Waals surface area (Å²) in [6.07, 6.45) is 1.79. The molecule has 0 unspecified atom stereocenters. The summed E-state index contributed by atoms with van der Waals surface area (Å²) in [5.41, 5.74) is 2.00. The molecule has 0 saturated carbocycles. The van der Waals surface area contributed by atoms with Crippen molar-refractivity contribution in [2.75, 3.05) is 0 Å². The van der Waals surface area contributed by atoms with E-state index >= 15 is 0 Å². The second kappa shape index (κ2) is 6.89. The van der Waals surface area contributed by atoms with Gasteiger partial charge in [-0.15, -0.1) is 10.2 Å². The number of pyridine rings is 1. The molecule has 0 radical (unpaired) electrons. The largest absolute Gasteiger partial charge is 0.317 e. The van der Waals surface area contributed by atoms with Gasteiger partial charge in [-0.05, 0) is 36.8 Å². The van der Waals surface area contributed by atoms with E-state index in [0.717, 1.165) is 22.9 Å². The maximum absolute atomic E-state index is 6.15. The molecule has 0 aliphatic carbocycles. The fraction of sp³-hybridized carbons (Fsp3) is 0.235. The minimum atomic E-state index is -0.0630. The Kier molecular flexibility index (Phi) is 4.69. The van der Waals surface area contributed by atoms with Gasteiger partial charge in [-0.1, -0.05) is 29.8 Å². The van der Waals surface area contributed by atoms with Gasteiger partial charge >= 0.3 is 0 Å². The van der Waals surface area contributed by atoms with E-state index in [-0.39, 0.29) is 6.04 Å². The Morgan fingerprint density at radius 2 is 2.04 bits per heavy atom. The lowest BCUT2D eigenvalue weighted by molar-refractivity contribution is 0.562. The van der Waals surface area contributed by atoms with Gasteiger partial charge in [0.25, 0.3) is 0 Å². The highest BCUT2D eigenvalue weighted by Crippen LogP contribution is 2.23. The molecule has 23 heavy (non-hydrogen) atoms. The molecule has 6 heteroatoms. The highest BCUT2D eigenvalue weighted by Gasteiger charge is 2.16. The van der Waals surface area contributed by atoms with Gasteiger partial charge in [-0.2, -0.15) is 0 Å². The molecule has 2 heterocycles. The quantitative estimate of drug-likeness (QED) is 0.782. The van der Waals surface area contributed by atoms with E-state index in [1.54, 1.807) is 6.20 Å². The van der Waals surface area contributed by atoms with Crippen LogP contribution in [0.1, 0.15) is 28.9 Å². The first-order valence-electron chi connectivity index (χ1n) is 7.40. The molecule has 0 bridgehead atoms. The zero-order valence-corrected chi connectivity index (χ0v) is 13.8. The number of benzene rings is 1. The molecule has 0 fully saturated rings. The number of aromatic nitrogens is 4. The van der Waals surface area contributed by atoms with Crippen LogP contribution in [0.4, 0.5) is 0 Å². The lowest BCUT2D eigenvalue weighted by Gasteiger charge is -2.19. The van der Waals surface area contributed by atoms with E-state index in [1.165, 1.54) is 0 Å². The van der Waals surface area contributed by atoms with Gasteiger partial charge in [0.05, 0.1) is 18.3 Å². The van der Waals surface area contributed by atoms with Crippen LogP contribution in [-0.2, 0) is 13.6 Å². The van der Waals surface area contributed by atoms with Crippen LogP contribution < -0.4 is 5.32 Å². The first-order chi connectivity index (χ1) is 11.1. The second-order valence-electron chi connectivity index (χ2n) is 5.35. The Morgan fingerprint density at radius 3 is 2.70 bits per heavy atom. The summed E-state index contributed by atoms with van der Waals surface area (Å²) in [7, 11) is 1.96. The van der Waals surface area contributed by atoms with E-state index in [4.69, 9.17) is 11.6 Å². The van der Waals surface area contributed by atoms with Crippen LogP contribution in [0.15, 0.2) is 48.7 Å². The molecule has 0 spiro atoms. The summed E-state index contributed by atoms with van der Waals surface area (Å²) < 4.78 is 1.97. The molecular formula is C17H18ClN5. The second-order valence-corrected chi connectivity index (χ2v) is 5.78. The number of nitrogens with zero attached hydrogens (tertiary/aromatic N) is 4. The molecule has 0 aliphatic rings. The number of rotatable bonds is 5. The lowest BCUT2D eigenvalue weighted by Crippen LogP contribution is -2.24. The summed E-state index contributed by atoms with van der Waals surface area (Å²) in [6.45, 7) is 2.52. The van der Waals surface area contributed by atoms with Crippen molar-refractivity contribution in [1.29, 1.82) is 0 Å². The van der Waals surface area contributed by atoms with Crippen LogP contribution >= 0.6 is 11.6 Å². The summed E-state index contributed by atoms with van der Waals surface area (Å²) in [6, 6.07) is 13.6. The van der Waals surface area contributed by atoms with Crippen molar-refractivity contribution in [3.05, 3.63) is 76.6 Å². The summed E-state index contributed by atoms with van der Waals surface area (Å²) in [5.74, 6) is 1.77. The van der Waals surface area contributed by atoms with E-state index in [0.29, 0.717) is 11.6 Å². The van der Waals surface area contributed by atoms with Crippen LogP contribution in [0.2, 0.25) is 5.02 Å². The Morgan fingerprint density at radius 1 is 1.17 bits per heavy atom. The van der Waals surface area contributed by atoms with Crippen molar-refractivity contribution < 1.29 is 0 Å². The molecule has 1 aromatic carbocycles. The SMILES string of the molecule is Cc1nnc(CN[C@@H](c2cccc(Cl)c2)c2ccccn2)n1C. The molecule has 2 aromatic heterocycles. The maximum atomic E-state index is 6.15. The number of halogens is 1. The summed E-state index contributed by atoms with van der Waals surface area (Å²) >= 11 is 6.15. The molecule has 5 nitrogen and oxygen atoms in total. The van der Waals surface area contributed by atoms with E-state index in [2.05, 4.69) is 20.5 Å². The van der Waals surface area contributed by atoms with Crippen molar-refractivity contribution in [2.45, 2.75) is 19.5 Å². The first kappa shape index (κ1) is 15.6. The molecule has 3 rings (SSSR count). The fourth-order valence-electron chi connectivity index (χ4n) is 2.42. The highest BCUT2D eigenvalue weighted by molar-refractivity contribution is 6.30. The minimum Gasteiger partial charge on any atom is -0.317 e. The van der Waals surface area contributed by atoms with Crippen molar-refractivity contribution >= 4 is 11.6 Å². The standard InChI is InChI=1S/C17H18ClN5/c1-12-21-22-16(23(12)2)11-20-17(15-8-3-4-9-19-15)13-6-5-7-14(18)10-13/h3-10,17,20H,11H2,1-2H3/t17-/m0/s1. The van der Waals surface area contributed by atoms with Crippen LogP contribution in [0.5, 0.6) is 0 Å². The minimum absolute atomic E-state index is 0.0630. The van der Waals surface area contributed by atoms with Gasteiger partial charge in [0.2, 0.25) is 0 Å². The Hall–Kier alpha value is -2.24. The van der Waals surface area contributed by atoms with Crippen LogP contribution in [-0.4, -0.2) is 19.7 Å². The molecule has 3 aromatic rings. The predicted octanol–water partition coefficient (Wildman–Crippen LogP) is 3.05. The zero-order valence-electron chi connectivity index (χ0n) is 13.1. The lowest BCUT2D eigenvalue weighted by atomic mass is 10.0. The molecule has 1 N–H and O–H groups in total. The Labute approximate surface area is 140 Å². The van der Waals surface area contributed by atoms with Gasteiger partial charge in [0.1, 0.15) is 11.6 Å². The maximum Gasteiger partial charge on any atom is 0.146 e. The Bertz CT molecular complexity index is 785. The normalized spacial score (nSPS) is 12.3. The van der Waals surface area contributed by atoms with E-state index < -0.39 is 0 Å². The topological polar surface area (TPSA) is 55.6 Å². The van der Waals surface area contributed by atoms with Gasteiger partial charge in [-0.25, -0.2) is 0 Å². The third-order valence-electron chi connectivity index (χ3n) is 3.81. The Balaban J connectivity index is 1.88. The van der Waals surface area contributed by atoms with Crippen molar-refractivity contribution in [3.63, 3.8) is 0 Å². The van der Waals surface area contributed by atoms with E-state index in [1.807, 2.05) is 61.0 Å². The average molecular weight is 328 g/mol. The zero-order chi connectivity index (χ0) is 16.2. The van der Waals surface area contributed by atoms with Crippen molar-refractivity contribution in [3.8, 4) is 0 Å². The molecular weight excluding hydrogens is 310 g/mol. The predicted molar refractivity (Wildman–Crippen MR) is 90.1 cm³/mol. The third kappa shape index (κ3) is 3.57. The van der Waals surface area contributed by atoms with Gasteiger partial charge in [0, 0.05) is 18.3 Å². The van der Waals surface area contributed by atoms with Gasteiger partial charge in [-0.3, -0.25) is 10.3 Å². The number of aryl methyl sites for hydroxylation is 1. The number of nitrogens with one attached hydrogen (secondary N) is 1. The average Bonchev–Trinajstić information content (AvgIpc) is 2.88. The molecule has 118 valence electrons. The van der Waals surface area contributed by atoms with E-state index in [9.17, 15) is 0 Å². The van der Waals surface area contributed by atoms with Crippen molar-refractivity contribution in [1.82, 2.24) is 25.1 Å². The van der Waals surface area contributed by atoms with Gasteiger partial charge < -0.3 is 4.57 Å². The first-order valence-corrected chi connectivity index (χ1v) is 7.77. The highest BCUT2D eigenvalue weighted by atomic mass is 35.5. The number of hydrogen-bond acceptors (Lipinski definition) is 4.